The zero-order valence-electron chi connectivity index (χ0n) is 16.0. The van der Waals surface area contributed by atoms with E-state index in [2.05, 4.69) is 29.7 Å². The van der Waals surface area contributed by atoms with Gasteiger partial charge in [-0.3, -0.25) is 5.43 Å². The molecule has 0 aliphatic carbocycles. The first-order chi connectivity index (χ1) is 12.5. The average Bonchev–Trinajstić information content (AvgIpc) is 3.17. The van der Waals surface area contributed by atoms with Crippen molar-refractivity contribution in [1.82, 2.24) is 10.7 Å². The molecule has 1 heterocycles. The molecule has 0 aromatic heterocycles. The summed E-state index contributed by atoms with van der Waals surface area (Å²) in [6.07, 6.45) is 2.42. The van der Waals surface area contributed by atoms with Gasteiger partial charge in [0.05, 0.1) is 24.9 Å². The Balaban J connectivity index is 1.93. The lowest BCUT2D eigenvalue weighted by Gasteiger charge is -2.17. The van der Waals surface area contributed by atoms with Crippen LogP contribution in [-0.4, -0.2) is 48.3 Å². The van der Waals surface area contributed by atoms with Crippen LogP contribution in [0.3, 0.4) is 0 Å². The molecule has 1 aromatic rings. The van der Waals surface area contributed by atoms with E-state index in [9.17, 15) is 5.11 Å². The van der Waals surface area contributed by atoms with Crippen molar-refractivity contribution in [2.75, 3.05) is 26.2 Å². The van der Waals surface area contributed by atoms with E-state index in [0.29, 0.717) is 17.4 Å². The smallest absolute Gasteiger partial charge is 0.187 e. The predicted octanol–water partition coefficient (Wildman–Crippen LogP) is 1.18. The number of aromatic hydroxyl groups is 1. The Hall–Kier alpha value is -1.70. The van der Waals surface area contributed by atoms with Crippen molar-refractivity contribution < 1.29 is 14.7 Å². The largest absolute Gasteiger partial charge is 0.507 e. The number of phenolic OH excluding ortho intramolecular Hbond substituents is 1. The van der Waals surface area contributed by atoms with E-state index in [0.717, 1.165) is 55.9 Å². The number of rotatable bonds is 8. The third-order valence-corrected chi connectivity index (χ3v) is 5.01. The Morgan fingerprint density at radius 3 is 2.81 bits per heavy atom. The monoisotopic (exact) mass is 379 g/mol. The van der Waals surface area contributed by atoms with Crippen molar-refractivity contribution in [2.45, 2.75) is 46.3 Å². The van der Waals surface area contributed by atoms with E-state index in [1.807, 2.05) is 19.1 Å². The molecule has 7 heteroatoms. The van der Waals surface area contributed by atoms with Crippen LogP contribution >= 0.6 is 12.2 Å². The maximum absolute atomic E-state index is 10.1. The molecule has 4 N–H and O–H groups in total. The van der Waals surface area contributed by atoms with Crippen LogP contribution in [0.1, 0.15) is 44.7 Å². The van der Waals surface area contributed by atoms with Crippen LogP contribution in [0, 0.1) is 0 Å². The van der Waals surface area contributed by atoms with Crippen LogP contribution in [0.15, 0.2) is 23.3 Å². The first-order valence-corrected chi connectivity index (χ1v) is 9.79. The van der Waals surface area contributed by atoms with E-state index >= 15 is 0 Å². The molecule has 0 unspecified atom stereocenters. The summed E-state index contributed by atoms with van der Waals surface area (Å²) in [4.78, 5) is 1.42. The van der Waals surface area contributed by atoms with Gasteiger partial charge in [0.15, 0.2) is 5.11 Å². The second-order valence-corrected chi connectivity index (χ2v) is 7.04. The molecule has 1 saturated heterocycles. The van der Waals surface area contributed by atoms with Crippen LogP contribution in [0.25, 0.3) is 0 Å². The molecule has 0 bridgehead atoms. The van der Waals surface area contributed by atoms with Crippen LogP contribution in [0.4, 0.5) is 0 Å². The Morgan fingerprint density at radius 2 is 2.15 bits per heavy atom. The van der Waals surface area contributed by atoms with E-state index in [-0.39, 0.29) is 6.10 Å². The van der Waals surface area contributed by atoms with Crippen molar-refractivity contribution in [2.24, 2.45) is 5.10 Å². The Kier molecular flexibility index (Phi) is 8.28. The number of nitrogens with one attached hydrogen (secondary N) is 3. The number of phenols is 1. The number of benzene rings is 1. The van der Waals surface area contributed by atoms with Crippen molar-refractivity contribution in [3.8, 4) is 5.75 Å². The molecule has 6 nitrogen and oxygen atoms in total. The standard InChI is InChI=1S/C19H30N4O2S/c1-4-23(5-2)13-16-11-15(8-9-18(16)24)14(3)21-22-19(26)20-12-17-7-6-10-25-17/h8-9,11,17,24H,4-7,10,12-13H2,1-3H3,(H2,20,22,26)/p+1/b21-14+/t17-/m0/s1. The summed E-state index contributed by atoms with van der Waals surface area (Å²) in [6, 6.07) is 5.62. The molecule has 1 atom stereocenters. The number of hydrazone groups is 1. The molecule has 0 radical (unpaired) electrons. The highest BCUT2D eigenvalue weighted by Crippen LogP contribution is 2.18. The van der Waals surface area contributed by atoms with E-state index in [1.165, 1.54) is 4.90 Å². The minimum atomic E-state index is 0.238. The SMILES string of the molecule is CC[NH+](CC)Cc1cc(/C(C)=N/NC(=S)NC[C@@H]2CCCO2)ccc1O. The highest BCUT2D eigenvalue weighted by atomic mass is 32.1. The molecule has 144 valence electrons. The van der Waals surface area contributed by atoms with Crippen molar-refractivity contribution in [3.63, 3.8) is 0 Å². The lowest BCUT2D eigenvalue weighted by molar-refractivity contribution is -0.910. The Morgan fingerprint density at radius 1 is 1.38 bits per heavy atom. The summed E-state index contributed by atoms with van der Waals surface area (Å²) in [5.74, 6) is 0.336. The summed E-state index contributed by atoms with van der Waals surface area (Å²) in [5.41, 5.74) is 5.62. The molecule has 1 fully saturated rings. The molecule has 0 saturated carbocycles. The van der Waals surface area contributed by atoms with Gasteiger partial charge in [-0.15, -0.1) is 0 Å². The molecular weight excluding hydrogens is 348 g/mol. The minimum absolute atomic E-state index is 0.238. The fourth-order valence-electron chi connectivity index (χ4n) is 2.97. The summed E-state index contributed by atoms with van der Waals surface area (Å²) in [7, 11) is 0. The van der Waals surface area contributed by atoms with Gasteiger partial charge in [0.2, 0.25) is 0 Å². The van der Waals surface area contributed by atoms with Gasteiger partial charge in [-0.2, -0.15) is 5.10 Å². The summed E-state index contributed by atoms with van der Waals surface area (Å²) in [6.45, 7) is 10.6. The predicted molar refractivity (Wildman–Crippen MR) is 109 cm³/mol. The molecule has 0 spiro atoms. The minimum Gasteiger partial charge on any atom is -0.507 e. The normalized spacial score (nSPS) is 17.5. The number of hydrogen-bond acceptors (Lipinski definition) is 4. The van der Waals surface area contributed by atoms with Gasteiger partial charge in [-0.1, -0.05) is 0 Å². The molecule has 1 aliphatic heterocycles. The number of hydrogen-bond donors (Lipinski definition) is 4. The topological polar surface area (TPSA) is 70.3 Å². The van der Waals surface area contributed by atoms with Gasteiger partial charge >= 0.3 is 0 Å². The van der Waals surface area contributed by atoms with Crippen LogP contribution in [-0.2, 0) is 11.3 Å². The summed E-state index contributed by atoms with van der Waals surface area (Å²) >= 11 is 5.26. The lowest BCUT2D eigenvalue weighted by atomic mass is 10.1. The fraction of sp³-hybridized carbons (Fsp3) is 0.579. The van der Waals surface area contributed by atoms with Crippen molar-refractivity contribution in [3.05, 3.63) is 29.3 Å². The fourth-order valence-corrected chi connectivity index (χ4v) is 3.10. The van der Waals surface area contributed by atoms with Gasteiger partial charge < -0.3 is 20.1 Å². The van der Waals surface area contributed by atoms with E-state index in [1.54, 1.807) is 6.07 Å². The highest BCUT2D eigenvalue weighted by Gasteiger charge is 2.15. The second kappa shape index (κ2) is 10.4. The molecule has 1 aromatic carbocycles. The van der Waals surface area contributed by atoms with Crippen molar-refractivity contribution in [1.29, 1.82) is 0 Å². The summed E-state index contributed by atoms with van der Waals surface area (Å²) < 4.78 is 5.56. The first kappa shape index (κ1) is 20.6. The first-order valence-electron chi connectivity index (χ1n) is 9.39. The quantitative estimate of drug-likeness (QED) is 0.310. The average molecular weight is 380 g/mol. The van der Waals surface area contributed by atoms with Crippen molar-refractivity contribution >= 4 is 23.0 Å². The summed E-state index contributed by atoms with van der Waals surface area (Å²) in [5, 5.41) is 18.1. The van der Waals surface area contributed by atoms with Crippen LogP contribution in [0.2, 0.25) is 0 Å². The van der Waals surface area contributed by atoms with Crippen LogP contribution in [0.5, 0.6) is 5.75 Å². The number of quaternary nitrogens is 1. The van der Waals surface area contributed by atoms with E-state index in [4.69, 9.17) is 17.0 Å². The molecule has 1 aliphatic rings. The molecule has 2 rings (SSSR count). The number of thiocarbonyl (C=S) groups is 1. The zero-order valence-corrected chi connectivity index (χ0v) is 16.8. The molecular formula is C19H31N4O2S+. The Labute approximate surface area is 161 Å². The van der Waals surface area contributed by atoms with Gasteiger partial charge in [0, 0.05) is 18.7 Å². The van der Waals surface area contributed by atoms with Gasteiger partial charge in [0.25, 0.3) is 0 Å². The lowest BCUT2D eigenvalue weighted by Crippen LogP contribution is -3.10. The van der Waals surface area contributed by atoms with E-state index < -0.39 is 0 Å². The second-order valence-electron chi connectivity index (χ2n) is 6.63. The number of ether oxygens (including phenoxy) is 1. The third kappa shape index (κ3) is 6.23. The van der Waals surface area contributed by atoms with Gasteiger partial charge in [-0.25, -0.2) is 0 Å². The zero-order chi connectivity index (χ0) is 18.9. The van der Waals surface area contributed by atoms with Gasteiger partial charge in [-0.05, 0) is 69.6 Å². The molecule has 26 heavy (non-hydrogen) atoms. The third-order valence-electron chi connectivity index (χ3n) is 4.78. The highest BCUT2D eigenvalue weighted by molar-refractivity contribution is 7.80. The maximum atomic E-state index is 10.1. The van der Waals surface area contributed by atoms with Gasteiger partial charge in [0.1, 0.15) is 12.3 Å². The Bertz CT molecular complexity index is 626. The van der Waals surface area contributed by atoms with Crippen LogP contribution < -0.4 is 15.6 Å². The number of nitrogens with zero attached hydrogens (tertiary/aromatic N) is 1. The maximum Gasteiger partial charge on any atom is 0.187 e. The molecule has 0 amide bonds.